The molecule has 5 atom stereocenters. The van der Waals surface area contributed by atoms with Gasteiger partial charge in [0.2, 0.25) is 0 Å². The summed E-state index contributed by atoms with van der Waals surface area (Å²) in [5, 5.41) is 27.5. The number of nitrogens with zero attached hydrogens (tertiary/aromatic N) is 4. The van der Waals surface area contributed by atoms with Crippen molar-refractivity contribution in [3.8, 4) is 0 Å². The number of aliphatic imine (C=N–C) groups is 2. The maximum Gasteiger partial charge on any atom is 0.185 e. The van der Waals surface area contributed by atoms with E-state index in [0.717, 1.165) is 0 Å². The number of alkyl halides is 1. The van der Waals surface area contributed by atoms with Crippen LogP contribution >= 0.6 is 11.6 Å². The number of ether oxygens (including phenoxy) is 1. The van der Waals surface area contributed by atoms with Gasteiger partial charge >= 0.3 is 0 Å². The van der Waals surface area contributed by atoms with Crippen LogP contribution in [0.1, 0.15) is 0 Å². The lowest BCUT2D eigenvalue weighted by atomic mass is 9.90. The van der Waals surface area contributed by atoms with Gasteiger partial charge in [-0.1, -0.05) is 0 Å². The second-order valence-corrected chi connectivity index (χ2v) is 4.82. The van der Waals surface area contributed by atoms with Crippen LogP contribution in [0.3, 0.4) is 0 Å². The first-order valence-corrected chi connectivity index (χ1v) is 6.21. The second-order valence-electron chi connectivity index (χ2n) is 4.51. The normalized spacial score (nSPS) is 44.2. The highest BCUT2D eigenvalue weighted by Gasteiger charge is 2.55. The van der Waals surface area contributed by atoms with Crippen LogP contribution < -0.4 is 5.73 Å². The molecule has 0 amide bonds. The van der Waals surface area contributed by atoms with Crippen LogP contribution in [-0.4, -0.2) is 70.1 Å². The molecule has 1 fully saturated rings. The molecule has 0 aliphatic carbocycles. The zero-order valence-electron chi connectivity index (χ0n) is 9.72. The molecule has 3 aliphatic rings. The van der Waals surface area contributed by atoms with Gasteiger partial charge in [0.25, 0.3) is 0 Å². The third-order valence-electron chi connectivity index (χ3n) is 3.38. The van der Waals surface area contributed by atoms with Crippen LogP contribution in [0.2, 0.25) is 0 Å². The predicted molar refractivity (Wildman–Crippen MR) is 70.2 cm³/mol. The molecule has 0 bridgehead atoms. The highest BCUT2D eigenvalue weighted by atomic mass is 35.5. The number of hydrogen-bond donors (Lipinski definition) is 3. The largest absolute Gasteiger partial charge is 0.388 e. The van der Waals surface area contributed by atoms with Gasteiger partial charge in [0.15, 0.2) is 5.66 Å². The van der Waals surface area contributed by atoms with E-state index in [1.807, 2.05) is 0 Å². The fraction of sp³-hybridized carbons (Fsp3) is 0.600. The van der Waals surface area contributed by atoms with E-state index in [9.17, 15) is 10.2 Å². The molecule has 8 nitrogen and oxygen atoms in total. The van der Waals surface area contributed by atoms with Crippen LogP contribution in [0.5, 0.6) is 0 Å². The zero-order chi connectivity index (χ0) is 13.6. The average molecular weight is 286 g/mol. The Morgan fingerprint density at radius 2 is 2.21 bits per heavy atom. The number of fused-ring (bicyclic) bond motifs is 1. The zero-order valence-corrected chi connectivity index (χ0v) is 10.5. The van der Waals surface area contributed by atoms with Gasteiger partial charge in [0.05, 0.1) is 12.1 Å². The maximum atomic E-state index is 10.1. The van der Waals surface area contributed by atoms with Crippen LogP contribution in [0, 0.1) is 0 Å². The quantitative estimate of drug-likeness (QED) is 0.522. The molecular weight excluding hydrogens is 274 g/mol. The van der Waals surface area contributed by atoms with E-state index < -0.39 is 30.1 Å². The molecule has 0 aromatic rings. The summed E-state index contributed by atoms with van der Waals surface area (Å²) in [7, 11) is 0. The van der Waals surface area contributed by atoms with Crippen molar-refractivity contribution < 1.29 is 14.9 Å². The number of rotatable bonds is 2. The van der Waals surface area contributed by atoms with Gasteiger partial charge in [-0.05, 0) is 0 Å². The van der Waals surface area contributed by atoms with E-state index in [-0.39, 0.29) is 5.88 Å². The molecular formula is C10H12ClN5O3. The smallest absolute Gasteiger partial charge is 0.185 e. The van der Waals surface area contributed by atoms with Crippen molar-refractivity contribution in [1.29, 1.82) is 0 Å². The lowest BCUT2D eigenvalue weighted by Crippen LogP contribution is -2.62. The molecule has 9 heteroatoms. The minimum atomic E-state index is -1.44. The Hall–Kier alpha value is -1.19. The first kappa shape index (κ1) is 12.8. The summed E-state index contributed by atoms with van der Waals surface area (Å²) in [4.78, 5) is 8.04. The molecule has 3 rings (SSSR count). The molecule has 1 unspecified atom stereocenters. The number of hydrogen-bond acceptors (Lipinski definition) is 8. The van der Waals surface area contributed by atoms with Crippen molar-refractivity contribution in [3.05, 3.63) is 0 Å². The summed E-state index contributed by atoms with van der Waals surface area (Å²) in [6.07, 6.45) is -1.30. The van der Waals surface area contributed by atoms with Crippen molar-refractivity contribution in [3.63, 3.8) is 0 Å². The van der Waals surface area contributed by atoms with Crippen molar-refractivity contribution in [1.82, 2.24) is 0 Å². The van der Waals surface area contributed by atoms with Crippen molar-refractivity contribution >= 4 is 35.6 Å². The summed E-state index contributed by atoms with van der Waals surface area (Å²) in [5.41, 5.74) is 5.53. The van der Waals surface area contributed by atoms with E-state index in [4.69, 9.17) is 22.1 Å². The second kappa shape index (κ2) is 4.43. The van der Waals surface area contributed by atoms with E-state index in [1.165, 1.54) is 12.6 Å². The van der Waals surface area contributed by atoms with Gasteiger partial charge in [-0.15, -0.1) is 16.7 Å². The summed E-state index contributed by atoms with van der Waals surface area (Å²) >= 11 is 5.67. The van der Waals surface area contributed by atoms with Crippen LogP contribution in [0.25, 0.3) is 0 Å². The van der Waals surface area contributed by atoms with Gasteiger partial charge in [0, 0.05) is 0 Å². The van der Waals surface area contributed by atoms with E-state index >= 15 is 0 Å². The summed E-state index contributed by atoms with van der Waals surface area (Å²) in [6.45, 7) is 0. The monoisotopic (exact) mass is 285 g/mol. The first-order valence-electron chi connectivity index (χ1n) is 5.67. The molecule has 1 saturated heterocycles. The number of aliphatic hydroxyl groups excluding tert-OH is 2. The van der Waals surface area contributed by atoms with Crippen LogP contribution in [0.15, 0.2) is 20.2 Å². The Morgan fingerprint density at radius 1 is 1.42 bits per heavy atom. The minimum Gasteiger partial charge on any atom is -0.388 e. The molecule has 19 heavy (non-hydrogen) atoms. The number of nitrogens with two attached hydrogens (primary N) is 1. The molecule has 3 heterocycles. The Labute approximate surface area is 113 Å². The van der Waals surface area contributed by atoms with E-state index in [2.05, 4.69) is 20.2 Å². The molecule has 4 N–H and O–H groups in total. The fourth-order valence-corrected chi connectivity index (χ4v) is 2.58. The Bertz CT molecular complexity index is 519. The Morgan fingerprint density at radius 3 is 2.89 bits per heavy atom. The molecule has 0 radical (unpaired) electrons. The topological polar surface area (TPSA) is 125 Å². The molecule has 0 spiro atoms. The van der Waals surface area contributed by atoms with Gasteiger partial charge in [-0.2, -0.15) is 5.10 Å². The third-order valence-corrected chi connectivity index (χ3v) is 3.68. The predicted octanol–water partition coefficient (Wildman–Crippen LogP) is -1.71. The van der Waals surface area contributed by atoms with Gasteiger partial charge < -0.3 is 14.9 Å². The molecule has 0 aromatic carbocycles. The van der Waals surface area contributed by atoms with E-state index in [1.54, 1.807) is 0 Å². The van der Waals surface area contributed by atoms with Gasteiger partial charge in [0.1, 0.15) is 42.2 Å². The molecule has 102 valence electrons. The number of aliphatic hydroxyl groups is 2. The van der Waals surface area contributed by atoms with Gasteiger partial charge in [-0.25, -0.2) is 9.98 Å². The molecule has 0 aromatic heterocycles. The molecule has 3 aliphatic heterocycles. The highest BCUT2D eigenvalue weighted by molar-refractivity contribution is 6.67. The van der Waals surface area contributed by atoms with Crippen molar-refractivity contribution in [2.75, 3.05) is 5.88 Å². The standard InChI is InChI=1S/C10H12ClN5O3/c11-1-5-6(17)7(18)9(19-5)10(12)8-4(2-15-16-8)13-3-14-10/h2-3,5-7,9,17-18H,1,12H2/t5-,6-,7-,9-,10?/m1/s1. The van der Waals surface area contributed by atoms with Gasteiger partial charge in [-0.3, -0.25) is 5.73 Å². The third kappa shape index (κ3) is 1.76. The Balaban J connectivity index is 1.94. The lowest BCUT2D eigenvalue weighted by Gasteiger charge is -2.33. The van der Waals surface area contributed by atoms with E-state index in [0.29, 0.717) is 11.4 Å². The lowest BCUT2D eigenvalue weighted by molar-refractivity contribution is -0.0104. The summed E-state index contributed by atoms with van der Waals surface area (Å²) in [6, 6.07) is 0. The average Bonchev–Trinajstić information content (AvgIpc) is 2.98. The minimum absolute atomic E-state index is 0.0401. The van der Waals surface area contributed by atoms with Crippen LogP contribution in [0.4, 0.5) is 0 Å². The fourth-order valence-electron chi connectivity index (χ4n) is 2.33. The highest BCUT2D eigenvalue weighted by Crippen LogP contribution is 2.32. The maximum absolute atomic E-state index is 10.1. The summed E-state index contributed by atoms with van der Waals surface area (Å²) < 4.78 is 5.52. The number of halogens is 1. The first-order chi connectivity index (χ1) is 9.08. The van der Waals surface area contributed by atoms with Crippen molar-refractivity contribution in [2.24, 2.45) is 25.9 Å². The van der Waals surface area contributed by atoms with Crippen molar-refractivity contribution in [2.45, 2.75) is 30.1 Å². The van der Waals surface area contributed by atoms with Crippen LogP contribution in [-0.2, 0) is 4.74 Å². The SMILES string of the molecule is NC1([C@@H]2O[C@H](CCl)[C@@H](O)[C@H]2O)N=CN=C2C=NN=C21. The summed E-state index contributed by atoms with van der Waals surface area (Å²) in [5.74, 6) is 0.0401. The Kier molecular flexibility index (Phi) is 2.99. The molecule has 0 saturated carbocycles.